The summed E-state index contributed by atoms with van der Waals surface area (Å²) < 4.78 is 1.98. The first kappa shape index (κ1) is 12.6. The van der Waals surface area contributed by atoms with Gasteiger partial charge in [-0.1, -0.05) is 17.7 Å². The lowest BCUT2D eigenvalue weighted by molar-refractivity contribution is 0.486. The van der Waals surface area contributed by atoms with E-state index < -0.39 is 0 Å². The number of nitrogens with one attached hydrogen (secondary N) is 1. The summed E-state index contributed by atoms with van der Waals surface area (Å²) in [5.41, 5.74) is 1.03. The average Bonchev–Trinajstić information content (AvgIpc) is 2.91. The van der Waals surface area contributed by atoms with Crippen molar-refractivity contribution in [2.24, 2.45) is 0 Å². The van der Waals surface area contributed by atoms with E-state index in [1.54, 1.807) is 17.5 Å². The Kier molecular flexibility index (Phi) is 3.86. The standard InChI is InChI=1S/C12H16ClN3S/c1-8(2)16-12(9(13)7-15-16)11(14-3)10-5-4-6-17-10/h4-8,11,14H,1-3H3. The zero-order chi connectivity index (χ0) is 12.4. The number of hydrogen-bond donors (Lipinski definition) is 1. The topological polar surface area (TPSA) is 29.9 Å². The van der Waals surface area contributed by atoms with Gasteiger partial charge in [-0.3, -0.25) is 4.68 Å². The fourth-order valence-corrected chi connectivity index (χ4v) is 2.98. The number of thiophene rings is 1. The van der Waals surface area contributed by atoms with Crippen molar-refractivity contribution >= 4 is 22.9 Å². The van der Waals surface area contributed by atoms with E-state index in [1.807, 2.05) is 17.8 Å². The second-order valence-electron chi connectivity index (χ2n) is 4.15. The smallest absolute Gasteiger partial charge is 0.0854 e. The van der Waals surface area contributed by atoms with Gasteiger partial charge in [0.25, 0.3) is 0 Å². The molecule has 0 amide bonds. The first-order chi connectivity index (χ1) is 8.15. The van der Waals surface area contributed by atoms with E-state index in [4.69, 9.17) is 11.6 Å². The largest absolute Gasteiger partial charge is 0.307 e. The zero-order valence-corrected chi connectivity index (χ0v) is 11.7. The van der Waals surface area contributed by atoms with Crippen LogP contribution >= 0.6 is 22.9 Å². The Morgan fingerprint density at radius 2 is 2.24 bits per heavy atom. The quantitative estimate of drug-likeness (QED) is 0.921. The molecule has 3 nitrogen and oxygen atoms in total. The summed E-state index contributed by atoms with van der Waals surface area (Å²) in [6.45, 7) is 4.21. The second-order valence-corrected chi connectivity index (χ2v) is 5.54. The zero-order valence-electron chi connectivity index (χ0n) is 10.1. The number of hydrogen-bond acceptors (Lipinski definition) is 3. The summed E-state index contributed by atoms with van der Waals surface area (Å²) >= 11 is 7.98. The monoisotopic (exact) mass is 269 g/mol. The molecule has 0 radical (unpaired) electrons. The summed E-state index contributed by atoms with van der Waals surface area (Å²) in [6.07, 6.45) is 1.72. The molecule has 17 heavy (non-hydrogen) atoms. The molecule has 0 aliphatic carbocycles. The van der Waals surface area contributed by atoms with Crippen LogP contribution in [0.2, 0.25) is 5.02 Å². The third-order valence-corrected chi connectivity index (χ3v) is 3.89. The van der Waals surface area contributed by atoms with E-state index in [2.05, 4.69) is 35.7 Å². The number of halogens is 1. The first-order valence-electron chi connectivity index (χ1n) is 5.58. The van der Waals surface area contributed by atoms with Crippen LogP contribution in [-0.4, -0.2) is 16.8 Å². The summed E-state index contributed by atoms with van der Waals surface area (Å²) in [5, 5.41) is 10.4. The fourth-order valence-electron chi connectivity index (χ4n) is 1.90. The van der Waals surface area contributed by atoms with Crippen molar-refractivity contribution in [2.75, 3.05) is 7.05 Å². The van der Waals surface area contributed by atoms with Crippen molar-refractivity contribution in [3.8, 4) is 0 Å². The number of rotatable bonds is 4. The highest BCUT2D eigenvalue weighted by Crippen LogP contribution is 2.31. The Hall–Kier alpha value is -0.840. The molecule has 0 aliphatic rings. The molecule has 1 atom stereocenters. The minimum absolute atomic E-state index is 0.104. The maximum atomic E-state index is 6.26. The molecule has 2 aromatic rings. The van der Waals surface area contributed by atoms with Gasteiger partial charge in [0, 0.05) is 10.9 Å². The SMILES string of the molecule is CNC(c1cccs1)c1c(Cl)cnn1C(C)C. The predicted octanol–water partition coefficient (Wildman–Crippen LogP) is 3.49. The maximum absolute atomic E-state index is 6.26. The molecule has 1 unspecified atom stereocenters. The van der Waals surface area contributed by atoms with E-state index in [-0.39, 0.29) is 6.04 Å². The van der Waals surface area contributed by atoms with Crippen molar-refractivity contribution in [3.63, 3.8) is 0 Å². The molecular formula is C12H16ClN3S. The summed E-state index contributed by atoms with van der Waals surface area (Å²) in [7, 11) is 1.94. The molecule has 92 valence electrons. The second kappa shape index (κ2) is 5.21. The summed E-state index contributed by atoms with van der Waals surface area (Å²) in [6, 6.07) is 4.56. The van der Waals surface area contributed by atoms with Crippen molar-refractivity contribution in [3.05, 3.63) is 39.3 Å². The van der Waals surface area contributed by atoms with Crippen LogP contribution in [0.1, 0.15) is 36.5 Å². The van der Waals surface area contributed by atoms with Gasteiger partial charge in [0.2, 0.25) is 0 Å². The van der Waals surface area contributed by atoms with E-state index in [0.717, 1.165) is 5.69 Å². The Bertz CT molecular complexity index is 476. The Morgan fingerprint density at radius 1 is 1.47 bits per heavy atom. The van der Waals surface area contributed by atoms with Crippen LogP contribution < -0.4 is 5.32 Å². The Labute approximate surface area is 110 Å². The van der Waals surface area contributed by atoms with Crippen LogP contribution in [0.25, 0.3) is 0 Å². The summed E-state index contributed by atoms with van der Waals surface area (Å²) in [4.78, 5) is 1.25. The number of aromatic nitrogens is 2. The van der Waals surface area contributed by atoms with E-state index >= 15 is 0 Å². The number of nitrogens with zero attached hydrogens (tertiary/aromatic N) is 2. The normalized spacial score (nSPS) is 13.2. The molecule has 2 aromatic heterocycles. The molecule has 5 heteroatoms. The first-order valence-corrected chi connectivity index (χ1v) is 6.84. The molecule has 1 N–H and O–H groups in total. The van der Waals surface area contributed by atoms with Crippen LogP contribution in [0.3, 0.4) is 0 Å². The Balaban J connectivity index is 2.47. The van der Waals surface area contributed by atoms with Gasteiger partial charge < -0.3 is 5.32 Å². The fraction of sp³-hybridized carbons (Fsp3) is 0.417. The lowest BCUT2D eigenvalue weighted by Gasteiger charge is -2.19. The van der Waals surface area contributed by atoms with Crippen LogP contribution in [0.15, 0.2) is 23.7 Å². The van der Waals surface area contributed by atoms with Gasteiger partial charge in [-0.05, 0) is 32.3 Å². The van der Waals surface area contributed by atoms with Gasteiger partial charge in [0.1, 0.15) is 0 Å². The average molecular weight is 270 g/mol. The highest BCUT2D eigenvalue weighted by molar-refractivity contribution is 7.10. The maximum Gasteiger partial charge on any atom is 0.0854 e. The predicted molar refractivity (Wildman–Crippen MR) is 72.8 cm³/mol. The lowest BCUT2D eigenvalue weighted by atomic mass is 10.1. The minimum atomic E-state index is 0.104. The molecule has 0 saturated carbocycles. The molecule has 0 spiro atoms. The highest BCUT2D eigenvalue weighted by Gasteiger charge is 2.22. The van der Waals surface area contributed by atoms with Crippen LogP contribution in [-0.2, 0) is 0 Å². The van der Waals surface area contributed by atoms with Crippen molar-refractivity contribution in [1.29, 1.82) is 0 Å². The van der Waals surface area contributed by atoms with E-state index in [9.17, 15) is 0 Å². The van der Waals surface area contributed by atoms with Gasteiger partial charge >= 0.3 is 0 Å². The molecule has 0 saturated heterocycles. The van der Waals surface area contributed by atoms with Crippen LogP contribution in [0.5, 0.6) is 0 Å². The molecule has 0 bridgehead atoms. The third kappa shape index (κ3) is 2.39. The molecule has 0 aromatic carbocycles. The van der Waals surface area contributed by atoms with E-state index in [0.29, 0.717) is 11.1 Å². The van der Waals surface area contributed by atoms with Gasteiger partial charge in [0.15, 0.2) is 0 Å². The molecule has 0 fully saturated rings. The highest BCUT2D eigenvalue weighted by atomic mass is 35.5. The van der Waals surface area contributed by atoms with Gasteiger partial charge in [-0.2, -0.15) is 5.10 Å². The Morgan fingerprint density at radius 3 is 2.76 bits per heavy atom. The van der Waals surface area contributed by atoms with Crippen LogP contribution in [0, 0.1) is 0 Å². The van der Waals surface area contributed by atoms with Crippen molar-refractivity contribution in [1.82, 2.24) is 15.1 Å². The molecular weight excluding hydrogens is 254 g/mol. The van der Waals surface area contributed by atoms with Crippen molar-refractivity contribution in [2.45, 2.75) is 25.9 Å². The van der Waals surface area contributed by atoms with Crippen molar-refractivity contribution < 1.29 is 0 Å². The molecule has 2 heterocycles. The lowest BCUT2D eigenvalue weighted by Crippen LogP contribution is -2.22. The van der Waals surface area contributed by atoms with Crippen LogP contribution in [0.4, 0.5) is 0 Å². The van der Waals surface area contributed by atoms with E-state index in [1.165, 1.54) is 4.88 Å². The summed E-state index contributed by atoms with van der Waals surface area (Å²) in [5.74, 6) is 0. The minimum Gasteiger partial charge on any atom is -0.307 e. The third-order valence-electron chi connectivity index (χ3n) is 2.67. The van der Waals surface area contributed by atoms with Gasteiger partial charge in [-0.15, -0.1) is 11.3 Å². The molecule has 2 rings (SSSR count). The van der Waals surface area contributed by atoms with Gasteiger partial charge in [-0.25, -0.2) is 0 Å². The molecule has 0 aliphatic heterocycles. The van der Waals surface area contributed by atoms with Gasteiger partial charge in [0.05, 0.1) is 23.0 Å².